The number of carbonyl (C=O) groups excluding carboxylic acids is 1. The summed E-state index contributed by atoms with van der Waals surface area (Å²) in [5, 5.41) is 15.0. The lowest BCUT2D eigenvalue weighted by Crippen LogP contribution is -2.29. The van der Waals surface area contributed by atoms with Crippen LogP contribution in [-0.4, -0.2) is 39.4 Å². The van der Waals surface area contributed by atoms with Crippen molar-refractivity contribution in [1.82, 2.24) is 20.2 Å². The Labute approximate surface area is 206 Å². The van der Waals surface area contributed by atoms with Crippen molar-refractivity contribution in [2.75, 3.05) is 18.5 Å². The highest BCUT2D eigenvalue weighted by Gasteiger charge is 2.35. The zero-order chi connectivity index (χ0) is 24.1. The van der Waals surface area contributed by atoms with Gasteiger partial charge in [0, 0.05) is 10.2 Å². The predicted molar refractivity (Wildman–Crippen MR) is 130 cm³/mol. The molecule has 1 aromatic heterocycles. The highest BCUT2D eigenvalue weighted by molar-refractivity contribution is 9.10. The zero-order valence-electron chi connectivity index (χ0n) is 19.2. The topological polar surface area (TPSA) is 100 Å². The molecule has 2 aromatic carbocycles. The maximum absolute atomic E-state index is 13.0. The van der Waals surface area contributed by atoms with E-state index in [9.17, 15) is 4.79 Å². The number of esters is 1. The average molecular weight is 528 g/mol. The minimum atomic E-state index is -0.574. The van der Waals surface area contributed by atoms with Gasteiger partial charge in [0.15, 0.2) is 11.5 Å². The van der Waals surface area contributed by atoms with Crippen LogP contribution in [0.2, 0.25) is 0 Å². The summed E-state index contributed by atoms with van der Waals surface area (Å²) in [6.45, 7) is 6.86. The van der Waals surface area contributed by atoms with Crippen LogP contribution >= 0.6 is 15.9 Å². The van der Waals surface area contributed by atoms with Gasteiger partial charge in [-0.15, -0.1) is 0 Å². The fourth-order valence-electron chi connectivity index (χ4n) is 3.68. The van der Waals surface area contributed by atoms with E-state index in [1.165, 1.54) is 0 Å². The van der Waals surface area contributed by atoms with Crippen LogP contribution in [0.25, 0.3) is 0 Å². The molecule has 0 aliphatic carbocycles. The first-order valence-corrected chi connectivity index (χ1v) is 11.9. The molecule has 1 aliphatic rings. The number of halogens is 1. The molecule has 0 saturated heterocycles. The minimum absolute atomic E-state index is 0.331. The Morgan fingerprint density at radius 3 is 2.65 bits per heavy atom. The maximum Gasteiger partial charge on any atom is 0.338 e. The van der Waals surface area contributed by atoms with Gasteiger partial charge in [-0.25, -0.2) is 4.79 Å². The number of ether oxygens (including phenoxy) is 3. The van der Waals surface area contributed by atoms with E-state index in [-0.39, 0.29) is 0 Å². The number of allylic oxidation sites excluding steroid dienone is 1. The number of anilines is 1. The summed E-state index contributed by atoms with van der Waals surface area (Å²) in [6, 6.07) is 13.0. The summed E-state index contributed by atoms with van der Waals surface area (Å²) in [5.74, 6) is 1.22. The molecule has 178 valence electrons. The predicted octanol–water partition coefficient (Wildman–Crippen LogP) is 4.66. The highest BCUT2D eigenvalue weighted by atomic mass is 79.9. The Bertz CT molecular complexity index is 1190. The van der Waals surface area contributed by atoms with E-state index in [1.807, 2.05) is 63.2 Å². The van der Waals surface area contributed by atoms with Crippen molar-refractivity contribution < 1.29 is 19.0 Å². The molecule has 0 saturated carbocycles. The van der Waals surface area contributed by atoms with Crippen molar-refractivity contribution in [3.8, 4) is 11.5 Å². The van der Waals surface area contributed by atoms with Gasteiger partial charge in [-0.3, -0.25) is 0 Å². The third-order valence-electron chi connectivity index (χ3n) is 5.26. The molecule has 1 atom stereocenters. The van der Waals surface area contributed by atoms with Crippen LogP contribution in [-0.2, 0) is 16.1 Å². The fourth-order valence-corrected chi connectivity index (χ4v) is 3.95. The summed E-state index contributed by atoms with van der Waals surface area (Å²) in [7, 11) is 0. The quantitative estimate of drug-likeness (QED) is 0.401. The van der Waals surface area contributed by atoms with Gasteiger partial charge in [-0.1, -0.05) is 46.2 Å². The largest absolute Gasteiger partial charge is 0.490 e. The molecular formula is C24H26BrN5O4. The van der Waals surface area contributed by atoms with E-state index in [2.05, 4.69) is 36.8 Å². The lowest BCUT2D eigenvalue weighted by atomic mass is 9.95. The van der Waals surface area contributed by atoms with Gasteiger partial charge in [0.05, 0.1) is 18.8 Å². The standard InChI is InChI=1S/C24H26BrN5O4/c1-4-12-33-23(31)21-15(3)26-24-27-28-29-30(24)22(21)17-8-11-19(20(13-17)32-5-2)34-14-16-6-9-18(25)10-7-16/h6-11,13,22H,4-5,12,14H2,1-3H3,(H,26,27,29). The molecule has 2 heterocycles. The normalized spacial score (nSPS) is 14.9. The fraction of sp³-hybridized carbons (Fsp3) is 0.333. The number of aromatic nitrogens is 4. The number of nitrogens with zero attached hydrogens (tertiary/aromatic N) is 4. The molecule has 34 heavy (non-hydrogen) atoms. The van der Waals surface area contributed by atoms with Crippen LogP contribution in [0.15, 0.2) is 58.2 Å². The number of carbonyl (C=O) groups is 1. The Kier molecular flexibility index (Phi) is 7.46. The van der Waals surface area contributed by atoms with Crippen molar-refractivity contribution in [1.29, 1.82) is 0 Å². The van der Waals surface area contributed by atoms with Crippen molar-refractivity contribution in [3.05, 3.63) is 69.3 Å². The average Bonchev–Trinajstić information content (AvgIpc) is 3.30. The number of rotatable bonds is 9. The van der Waals surface area contributed by atoms with Crippen LogP contribution in [0, 0.1) is 0 Å². The first-order chi connectivity index (χ1) is 16.5. The summed E-state index contributed by atoms with van der Waals surface area (Å²) in [6.07, 6.45) is 0.727. The minimum Gasteiger partial charge on any atom is -0.490 e. The number of fused-ring (bicyclic) bond motifs is 1. The van der Waals surface area contributed by atoms with Crippen LogP contribution in [0.1, 0.15) is 44.4 Å². The molecule has 0 bridgehead atoms. The van der Waals surface area contributed by atoms with Crippen molar-refractivity contribution in [2.45, 2.75) is 39.8 Å². The molecule has 1 aliphatic heterocycles. The number of benzene rings is 2. The van der Waals surface area contributed by atoms with Gasteiger partial charge in [0.25, 0.3) is 0 Å². The van der Waals surface area contributed by atoms with Crippen molar-refractivity contribution in [2.24, 2.45) is 0 Å². The number of nitrogens with one attached hydrogen (secondary N) is 1. The molecule has 4 rings (SSSR count). The maximum atomic E-state index is 13.0. The summed E-state index contributed by atoms with van der Waals surface area (Å²) in [4.78, 5) is 13.0. The number of hydrogen-bond donors (Lipinski definition) is 1. The lowest BCUT2D eigenvalue weighted by molar-refractivity contribution is -0.139. The molecule has 0 radical (unpaired) electrons. The zero-order valence-corrected chi connectivity index (χ0v) is 20.8. The SMILES string of the molecule is CCCOC(=O)C1=C(C)Nc2nnnn2C1c1ccc(OCc2ccc(Br)cc2)c(OCC)c1. The van der Waals surface area contributed by atoms with Gasteiger partial charge in [0.1, 0.15) is 12.6 Å². The van der Waals surface area contributed by atoms with Gasteiger partial charge in [0.2, 0.25) is 5.95 Å². The molecule has 1 unspecified atom stereocenters. The van der Waals surface area contributed by atoms with Gasteiger partial charge >= 0.3 is 5.97 Å². The van der Waals surface area contributed by atoms with Crippen LogP contribution in [0.5, 0.6) is 11.5 Å². The number of hydrogen-bond acceptors (Lipinski definition) is 8. The highest BCUT2D eigenvalue weighted by Crippen LogP contribution is 2.39. The summed E-state index contributed by atoms with van der Waals surface area (Å²) in [5.41, 5.74) is 2.89. The second kappa shape index (κ2) is 10.7. The Morgan fingerprint density at radius 1 is 1.12 bits per heavy atom. The third kappa shape index (κ3) is 5.06. The van der Waals surface area contributed by atoms with Crippen molar-refractivity contribution >= 4 is 27.8 Å². The second-order valence-electron chi connectivity index (χ2n) is 7.70. The van der Waals surface area contributed by atoms with Gasteiger partial charge < -0.3 is 19.5 Å². The molecular weight excluding hydrogens is 502 g/mol. The van der Waals surface area contributed by atoms with Gasteiger partial charge in [-0.2, -0.15) is 4.68 Å². The lowest BCUT2D eigenvalue weighted by Gasteiger charge is -2.28. The monoisotopic (exact) mass is 527 g/mol. The van der Waals surface area contributed by atoms with Crippen molar-refractivity contribution in [3.63, 3.8) is 0 Å². The Hall–Kier alpha value is -3.40. The molecule has 0 spiro atoms. The van der Waals surface area contributed by atoms with Crippen LogP contribution in [0.4, 0.5) is 5.95 Å². The summed E-state index contributed by atoms with van der Waals surface area (Å²) >= 11 is 3.44. The molecule has 3 aromatic rings. The van der Waals surface area contributed by atoms with E-state index in [1.54, 1.807) is 4.68 Å². The van der Waals surface area contributed by atoms with Gasteiger partial charge in [-0.05, 0) is 66.1 Å². The van der Waals surface area contributed by atoms with E-state index >= 15 is 0 Å². The van der Waals surface area contributed by atoms with Crippen LogP contribution < -0.4 is 14.8 Å². The second-order valence-corrected chi connectivity index (χ2v) is 8.62. The van der Waals surface area contributed by atoms with E-state index in [0.29, 0.717) is 48.5 Å². The smallest absolute Gasteiger partial charge is 0.338 e. The van der Waals surface area contributed by atoms with E-state index in [0.717, 1.165) is 22.0 Å². The van der Waals surface area contributed by atoms with Crippen LogP contribution in [0.3, 0.4) is 0 Å². The Morgan fingerprint density at radius 2 is 1.91 bits per heavy atom. The summed E-state index contributed by atoms with van der Waals surface area (Å²) < 4.78 is 20.0. The molecule has 0 fully saturated rings. The molecule has 0 amide bonds. The number of tetrazole rings is 1. The molecule has 10 heteroatoms. The first-order valence-electron chi connectivity index (χ1n) is 11.1. The Balaban J connectivity index is 1.68. The van der Waals surface area contributed by atoms with E-state index in [4.69, 9.17) is 14.2 Å². The third-order valence-corrected chi connectivity index (χ3v) is 5.79. The first kappa shape index (κ1) is 23.7. The molecule has 1 N–H and O–H groups in total. The molecule has 9 nitrogen and oxygen atoms in total. The van der Waals surface area contributed by atoms with E-state index < -0.39 is 12.0 Å².